The van der Waals surface area contributed by atoms with E-state index in [4.69, 9.17) is 0 Å². The molecular weight excluding hydrogens is 194 g/mol. The summed E-state index contributed by atoms with van der Waals surface area (Å²) in [7, 11) is 2.10. The molecule has 1 aromatic carbocycles. The van der Waals surface area contributed by atoms with Crippen LogP contribution in [0.5, 0.6) is 0 Å². The molecular formula is C15H18N+. The Hall–Kier alpha value is -1.63. The fourth-order valence-corrected chi connectivity index (χ4v) is 2.23. The Morgan fingerprint density at radius 1 is 0.938 bits per heavy atom. The lowest BCUT2D eigenvalue weighted by Gasteiger charge is -2.07. The summed E-state index contributed by atoms with van der Waals surface area (Å²) in [5.74, 6) is 0. The summed E-state index contributed by atoms with van der Waals surface area (Å²) in [6.07, 6.45) is 2.10. The Bertz CT molecular complexity index is 507. The Balaban J connectivity index is 2.68. The number of rotatable bonds is 1. The van der Waals surface area contributed by atoms with Gasteiger partial charge in [-0.15, -0.1) is 0 Å². The van der Waals surface area contributed by atoms with E-state index in [0.717, 1.165) is 0 Å². The van der Waals surface area contributed by atoms with Crippen molar-refractivity contribution in [3.05, 3.63) is 53.2 Å². The van der Waals surface area contributed by atoms with E-state index in [1.807, 2.05) is 0 Å². The highest BCUT2D eigenvalue weighted by Gasteiger charge is 2.14. The van der Waals surface area contributed by atoms with Gasteiger partial charge in [-0.1, -0.05) is 17.7 Å². The highest BCUT2D eigenvalue weighted by Crippen LogP contribution is 2.23. The van der Waals surface area contributed by atoms with Gasteiger partial charge in [0.05, 0.1) is 0 Å². The van der Waals surface area contributed by atoms with E-state index in [0.29, 0.717) is 0 Å². The van der Waals surface area contributed by atoms with Gasteiger partial charge in [0, 0.05) is 17.2 Å². The van der Waals surface area contributed by atoms with E-state index < -0.39 is 0 Å². The van der Waals surface area contributed by atoms with Gasteiger partial charge in [0.2, 0.25) is 5.69 Å². The summed E-state index contributed by atoms with van der Waals surface area (Å²) < 4.78 is 2.19. The number of nitrogens with zero attached hydrogens (tertiary/aromatic N) is 1. The second-order valence-corrected chi connectivity index (χ2v) is 4.47. The SMILES string of the molecule is Cc1ccc(-c2c(C)ccc[n+]2C)c(C)c1. The van der Waals surface area contributed by atoms with Crippen molar-refractivity contribution >= 4 is 0 Å². The Morgan fingerprint density at radius 3 is 2.31 bits per heavy atom. The molecule has 0 N–H and O–H groups in total. The van der Waals surface area contributed by atoms with Crippen LogP contribution < -0.4 is 4.57 Å². The molecule has 0 unspecified atom stereocenters. The first-order valence-corrected chi connectivity index (χ1v) is 5.62. The normalized spacial score (nSPS) is 10.5. The molecule has 1 aromatic heterocycles. The minimum Gasteiger partial charge on any atom is -0.201 e. The average molecular weight is 212 g/mol. The Labute approximate surface area is 97.4 Å². The third kappa shape index (κ3) is 1.85. The van der Waals surface area contributed by atoms with Crippen LogP contribution in [-0.4, -0.2) is 0 Å². The molecule has 0 amide bonds. The standard InChI is InChI=1S/C15H18N/c1-11-7-8-14(13(3)10-11)15-12(2)6-5-9-16(15)4/h5-10H,1-4H3/q+1. The van der Waals surface area contributed by atoms with Gasteiger partial charge < -0.3 is 0 Å². The lowest BCUT2D eigenvalue weighted by atomic mass is 9.99. The number of pyridine rings is 1. The monoisotopic (exact) mass is 212 g/mol. The zero-order valence-electron chi connectivity index (χ0n) is 10.4. The first kappa shape index (κ1) is 10.9. The molecule has 82 valence electrons. The molecule has 0 saturated carbocycles. The van der Waals surface area contributed by atoms with Crippen LogP contribution in [0.1, 0.15) is 16.7 Å². The van der Waals surface area contributed by atoms with Crippen molar-refractivity contribution in [2.75, 3.05) is 0 Å². The van der Waals surface area contributed by atoms with Gasteiger partial charge in [-0.2, -0.15) is 0 Å². The molecule has 0 atom stereocenters. The fourth-order valence-electron chi connectivity index (χ4n) is 2.23. The summed E-state index contributed by atoms with van der Waals surface area (Å²) in [6, 6.07) is 10.9. The molecule has 0 aliphatic heterocycles. The molecule has 1 heterocycles. The van der Waals surface area contributed by atoms with Crippen LogP contribution in [0.15, 0.2) is 36.5 Å². The van der Waals surface area contributed by atoms with Crippen LogP contribution in [0.25, 0.3) is 11.3 Å². The van der Waals surface area contributed by atoms with Crippen molar-refractivity contribution in [1.82, 2.24) is 0 Å². The molecule has 1 nitrogen and oxygen atoms in total. The molecule has 0 bridgehead atoms. The number of benzene rings is 1. The zero-order chi connectivity index (χ0) is 11.7. The first-order chi connectivity index (χ1) is 7.59. The van der Waals surface area contributed by atoms with Gasteiger partial charge in [-0.05, 0) is 38.5 Å². The number of aromatic nitrogens is 1. The summed E-state index contributed by atoms with van der Waals surface area (Å²) in [5, 5.41) is 0. The molecule has 0 spiro atoms. The van der Waals surface area contributed by atoms with Crippen LogP contribution in [-0.2, 0) is 7.05 Å². The van der Waals surface area contributed by atoms with Crippen molar-refractivity contribution < 1.29 is 4.57 Å². The highest BCUT2D eigenvalue weighted by atomic mass is 14.9. The molecule has 0 saturated heterocycles. The predicted molar refractivity (Wildman–Crippen MR) is 67.3 cm³/mol. The van der Waals surface area contributed by atoms with Crippen molar-refractivity contribution in [3.8, 4) is 11.3 Å². The lowest BCUT2D eigenvalue weighted by Crippen LogP contribution is -2.31. The third-order valence-electron chi connectivity index (χ3n) is 3.02. The van der Waals surface area contributed by atoms with Gasteiger partial charge in [0.15, 0.2) is 6.20 Å². The minimum absolute atomic E-state index is 1.31. The quantitative estimate of drug-likeness (QED) is 0.639. The average Bonchev–Trinajstić information content (AvgIpc) is 2.20. The van der Waals surface area contributed by atoms with Gasteiger partial charge in [-0.25, -0.2) is 4.57 Å². The third-order valence-corrected chi connectivity index (χ3v) is 3.02. The molecule has 2 aromatic rings. The maximum Gasteiger partial charge on any atom is 0.215 e. The van der Waals surface area contributed by atoms with Gasteiger partial charge >= 0.3 is 0 Å². The molecule has 0 aliphatic rings. The van der Waals surface area contributed by atoms with Crippen LogP contribution >= 0.6 is 0 Å². The smallest absolute Gasteiger partial charge is 0.201 e. The van der Waals surface area contributed by atoms with Crippen molar-refractivity contribution in [3.63, 3.8) is 0 Å². The van der Waals surface area contributed by atoms with Crippen molar-refractivity contribution in [1.29, 1.82) is 0 Å². The summed E-state index contributed by atoms with van der Waals surface area (Å²) in [5.41, 5.74) is 6.60. The minimum atomic E-state index is 1.31. The van der Waals surface area contributed by atoms with Crippen molar-refractivity contribution in [2.24, 2.45) is 7.05 Å². The number of hydrogen-bond acceptors (Lipinski definition) is 0. The van der Waals surface area contributed by atoms with E-state index in [1.165, 1.54) is 27.9 Å². The molecule has 0 radical (unpaired) electrons. The van der Waals surface area contributed by atoms with Gasteiger partial charge in [0.1, 0.15) is 7.05 Å². The fraction of sp³-hybridized carbons (Fsp3) is 0.267. The zero-order valence-corrected chi connectivity index (χ0v) is 10.4. The topological polar surface area (TPSA) is 3.88 Å². The second kappa shape index (κ2) is 4.09. The summed E-state index contributed by atoms with van der Waals surface area (Å²) in [4.78, 5) is 0. The lowest BCUT2D eigenvalue weighted by molar-refractivity contribution is -0.660. The molecule has 0 fully saturated rings. The van der Waals surface area contributed by atoms with Crippen LogP contribution in [0.2, 0.25) is 0 Å². The van der Waals surface area contributed by atoms with Gasteiger partial charge in [-0.3, -0.25) is 0 Å². The predicted octanol–water partition coefficient (Wildman–Crippen LogP) is 3.10. The maximum atomic E-state index is 2.24. The van der Waals surface area contributed by atoms with E-state index in [9.17, 15) is 0 Å². The van der Waals surface area contributed by atoms with E-state index in [-0.39, 0.29) is 0 Å². The van der Waals surface area contributed by atoms with Crippen molar-refractivity contribution in [2.45, 2.75) is 20.8 Å². The van der Waals surface area contributed by atoms with Crippen LogP contribution in [0, 0.1) is 20.8 Å². The summed E-state index contributed by atoms with van der Waals surface area (Å²) in [6.45, 7) is 6.47. The summed E-state index contributed by atoms with van der Waals surface area (Å²) >= 11 is 0. The second-order valence-electron chi connectivity index (χ2n) is 4.47. The first-order valence-electron chi connectivity index (χ1n) is 5.62. The van der Waals surface area contributed by atoms with E-state index in [1.54, 1.807) is 0 Å². The largest absolute Gasteiger partial charge is 0.215 e. The Morgan fingerprint density at radius 2 is 1.69 bits per heavy atom. The number of hydrogen-bond donors (Lipinski definition) is 0. The molecule has 2 rings (SSSR count). The highest BCUT2D eigenvalue weighted by molar-refractivity contribution is 5.64. The number of aryl methyl sites for hydroxylation is 4. The molecule has 16 heavy (non-hydrogen) atoms. The van der Waals surface area contributed by atoms with Crippen LogP contribution in [0.3, 0.4) is 0 Å². The van der Waals surface area contributed by atoms with Gasteiger partial charge in [0.25, 0.3) is 0 Å². The molecule has 1 heteroatoms. The van der Waals surface area contributed by atoms with Crippen LogP contribution in [0.4, 0.5) is 0 Å². The maximum absolute atomic E-state index is 2.24. The Kier molecular flexibility index (Phi) is 2.78. The van der Waals surface area contributed by atoms with E-state index >= 15 is 0 Å². The molecule has 0 aliphatic carbocycles. The van der Waals surface area contributed by atoms with E-state index in [2.05, 4.69) is 68.9 Å².